The molecule has 0 radical (unpaired) electrons. The van der Waals surface area contributed by atoms with E-state index in [0.717, 1.165) is 37.7 Å². The first kappa shape index (κ1) is 8.85. The predicted molar refractivity (Wildman–Crippen MR) is 60.4 cm³/mol. The molecule has 0 aromatic heterocycles. The Hall–Kier alpha value is -1.42. The van der Waals surface area contributed by atoms with Crippen molar-refractivity contribution in [3.05, 3.63) is 18.2 Å². The molecule has 0 unspecified atom stereocenters. The van der Waals surface area contributed by atoms with E-state index < -0.39 is 0 Å². The van der Waals surface area contributed by atoms with Crippen molar-refractivity contribution in [2.75, 3.05) is 36.9 Å². The van der Waals surface area contributed by atoms with Crippen LogP contribution < -0.4 is 20.7 Å². The third-order valence-electron chi connectivity index (χ3n) is 3.07. The van der Waals surface area contributed by atoms with Gasteiger partial charge in [-0.3, -0.25) is 0 Å². The molecule has 1 fully saturated rings. The maximum absolute atomic E-state index is 5.74. The lowest BCUT2D eigenvalue weighted by molar-refractivity contribution is 0.247. The fourth-order valence-corrected chi connectivity index (χ4v) is 2.30. The van der Waals surface area contributed by atoms with Gasteiger partial charge in [0, 0.05) is 31.4 Å². The van der Waals surface area contributed by atoms with E-state index in [1.165, 1.54) is 5.69 Å². The summed E-state index contributed by atoms with van der Waals surface area (Å²) in [4.78, 5) is 2.41. The van der Waals surface area contributed by atoms with Crippen LogP contribution in [-0.4, -0.2) is 32.3 Å². The van der Waals surface area contributed by atoms with Gasteiger partial charge >= 0.3 is 0 Å². The molecular formula is C11H15N3O. The van der Waals surface area contributed by atoms with Crippen LogP contribution in [0.3, 0.4) is 0 Å². The Balaban J connectivity index is 1.99. The van der Waals surface area contributed by atoms with Crippen molar-refractivity contribution >= 4 is 11.4 Å². The molecule has 2 aliphatic rings. The minimum Gasteiger partial charge on any atom is -0.489 e. The fourth-order valence-electron chi connectivity index (χ4n) is 2.30. The summed E-state index contributed by atoms with van der Waals surface area (Å²) in [5.41, 5.74) is 7.69. The highest BCUT2D eigenvalue weighted by molar-refractivity contribution is 5.65. The largest absolute Gasteiger partial charge is 0.489 e. The molecule has 15 heavy (non-hydrogen) atoms. The van der Waals surface area contributed by atoms with E-state index in [0.29, 0.717) is 6.04 Å². The summed E-state index contributed by atoms with van der Waals surface area (Å²) in [6.45, 7) is 3.85. The average Bonchev–Trinajstić information content (AvgIpc) is 2.28. The first-order chi connectivity index (χ1) is 7.34. The highest BCUT2D eigenvalue weighted by Gasteiger charge is 2.29. The van der Waals surface area contributed by atoms with Gasteiger partial charge in [0.15, 0.2) is 0 Å². The van der Waals surface area contributed by atoms with Crippen LogP contribution in [0.25, 0.3) is 0 Å². The molecule has 4 heteroatoms. The zero-order valence-corrected chi connectivity index (χ0v) is 8.57. The molecule has 0 bridgehead atoms. The summed E-state index contributed by atoms with van der Waals surface area (Å²) in [5.74, 6) is 0.924. The number of benzene rings is 1. The van der Waals surface area contributed by atoms with Crippen LogP contribution in [0.1, 0.15) is 0 Å². The second kappa shape index (κ2) is 3.31. The average molecular weight is 205 g/mol. The zero-order chi connectivity index (χ0) is 10.3. The summed E-state index contributed by atoms with van der Waals surface area (Å²) in [7, 11) is 0. The summed E-state index contributed by atoms with van der Waals surface area (Å²) in [5, 5.41) is 3.38. The Morgan fingerprint density at radius 1 is 1.47 bits per heavy atom. The van der Waals surface area contributed by atoms with Crippen molar-refractivity contribution in [2.45, 2.75) is 6.04 Å². The van der Waals surface area contributed by atoms with Gasteiger partial charge in [-0.2, -0.15) is 0 Å². The van der Waals surface area contributed by atoms with Gasteiger partial charge in [0.05, 0.1) is 11.7 Å². The second-order valence-electron chi connectivity index (χ2n) is 4.09. The molecule has 4 nitrogen and oxygen atoms in total. The quantitative estimate of drug-likeness (QED) is 0.603. The van der Waals surface area contributed by atoms with Crippen LogP contribution >= 0.6 is 0 Å². The van der Waals surface area contributed by atoms with Crippen molar-refractivity contribution in [3.8, 4) is 5.75 Å². The van der Waals surface area contributed by atoms with Gasteiger partial charge < -0.3 is 20.7 Å². The molecule has 3 rings (SSSR count). The van der Waals surface area contributed by atoms with Gasteiger partial charge in [-0.25, -0.2) is 0 Å². The predicted octanol–water partition coefficient (Wildman–Crippen LogP) is 0.439. The highest BCUT2D eigenvalue weighted by Crippen LogP contribution is 2.35. The minimum absolute atomic E-state index is 0.467. The van der Waals surface area contributed by atoms with E-state index in [4.69, 9.17) is 10.5 Å². The van der Waals surface area contributed by atoms with E-state index in [2.05, 4.69) is 16.3 Å². The lowest BCUT2D eigenvalue weighted by Crippen LogP contribution is -2.55. The van der Waals surface area contributed by atoms with Crippen molar-refractivity contribution in [2.24, 2.45) is 0 Å². The van der Waals surface area contributed by atoms with E-state index in [1.54, 1.807) is 0 Å². The molecule has 1 aromatic rings. The van der Waals surface area contributed by atoms with Gasteiger partial charge in [-0.1, -0.05) is 0 Å². The van der Waals surface area contributed by atoms with Crippen LogP contribution in [0.15, 0.2) is 18.2 Å². The molecule has 3 N–H and O–H groups in total. The first-order valence-electron chi connectivity index (χ1n) is 5.34. The first-order valence-corrected chi connectivity index (χ1v) is 5.34. The number of piperazine rings is 1. The maximum Gasteiger partial charge on any atom is 0.144 e. The highest BCUT2D eigenvalue weighted by atomic mass is 16.5. The second-order valence-corrected chi connectivity index (χ2v) is 4.09. The monoisotopic (exact) mass is 205 g/mol. The standard InChI is InChI=1S/C11H15N3O/c12-8-1-2-10-11(5-8)15-7-9-6-13-3-4-14(9)10/h1-2,5,9,13H,3-4,6-7,12H2/t9-/m0/s1. The van der Waals surface area contributed by atoms with Crippen LogP contribution in [0.2, 0.25) is 0 Å². The lowest BCUT2D eigenvalue weighted by Gasteiger charge is -2.41. The lowest BCUT2D eigenvalue weighted by atomic mass is 10.1. The number of nitrogens with two attached hydrogens (primary N) is 1. The van der Waals surface area contributed by atoms with Gasteiger partial charge in [0.25, 0.3) is 0 Å². The van der Waals surface area contributed by atoms with Crippen LogP contribution in [0, 0.1) is 0 Å². The Bertz CT molecular complexity index is 380. The van der Waals surface area contributed by atoms with E-state index in [1.807, 2.05) is 12.1 Å². The number of hydrogen-bond donors (Lipinski definition) is 2. The number of anilines is 2. The number of nitrogens with one attached hydrogen (secondary N) is 1. The number of fused-ring (bicyclic) bond motifs is 3. The minimum atomic E-state index is 0.467. The number of rotatable bonds is 0. The number of nitrogen functional groups attached to an aromatic ring is 1. The number of ether oxygens (including phenoxy) is 1. The Kier molecular flexibility index (Phi) is 1.95. The molecule has 2 aliphatic heterocycles. The van der Waals surface area contributed by atoms with Crippen LogP contribution in [-0.2, 0) is 0 Å². The van der Waals surface area contributed by atoms with Gasteiger partial charge in [0.1, 0.15) is 12.4 Å². The number of hydrogen-bond acceptors (Lipinski definition) is 4. The molecule has 2 heterocycles. The third-order valence-corrected chi connectivity index (χ3v) is 3.07. The van der Waals surface area contributed by atoms with Crippen molar-refractivity contribution in [1.29, 1.82) is 0 Å². The summed E-state index contributed by atoms with van der Waals surface area (Å²) in [6.07, 6.45) is 0. The molecular weight excluding hydrogens is 190 g/mol. The van der Waals surface area contributed by atoms with Crippen LogP contribution in [0.5, 0.6) is 5.75 Å². The Morgan fingerprint density at radius 3 is 3.33 bits per heavy atom. The molecule has 1 saturated heterocycles. The van der Waals surface area contributed by atoms with Crippen molar-refractivity contribution < 1.29 is 4.74 Å². The summed E-state index contributed by atoms with van der Waals surface area (Å²) >= 11 is 0. The van der Waals surface area contributed by atoms with Gasteiger partial charge in [-0.15, -0.1) is 0 Å². The molecule has 0 spiro atoms. The maximum atomic E-state index is 5.74. The van der Waals surface area contributed by atoms with Crippen molar-refractivity contribution in [1.82, 2.24) is 5.32 Å². The third kappa shape index (κ3) is 1.41. The smallest absolute Gasteiger partial charge is 0.144 e. The van der Waals surface area contributed by atoms with E-state index in [-0.39, 0.29) is 0 Å². The summed E-state index contributed by atoms with van der Waals surface area (Å²) in [6, 6.07) is 6.37. The van der Waals surface area contributed by atoms with Crippen LogP contribution in [0.4, 0.5) is 11.4 Å². The van der Waals surface area contributed by atoms with Crippen molar-refractivity contribution in [3.63, 3.8) is 0 Å². The molecule has 80 valence electrons. The molecule has 0 saturated carbocycles. The zero-order valence-electron chi connectivity index (χ0n) is 8.57. The van der Waals surface area contributed by atoms with Gasteiger partial charge in [-0.05, 0) is 12.1 Å². The molecule has 0 amide bonds. The number of nitrogens with zero attached hydrogens (tertiary/aromatic N) is 1. The molecule has 1 aromatic carbocycles. The fraction of sp³-hybridized carbons (Fsp3) is 0.455. The molecule has 1 atom stereocenters. The summed E-state index contributed by atoms with van der Waals surface area (Å²) < 4.78 is 5.71. The Labute approximate surface area is 89.0 Å². The van der Waals surface area contributed by atoms with Gasteiger partial charge in [0.2, 0.25) is 0 Å². The van der Waals surface area contributed by atoms with E-state index in [9.17, 15) is 0 Å². The normalized spacial score (nSPS) is 24.0. The Morgan fingerprint density at radius 2 is 2.40 bits per heavy atom. The van der Waals surface area contributed by atoms with E-state index >= 15 is 0 Å². The topological polar surface area (TPSA) is 50.5 Å². The SMILES string of the molecule is Nc1ccc2c(c1)OC[C@@H]1CNCCN21. The molecule has 0 aliphatic carbocycles.